The molecule has 5 heteroatoms. The Morgan fingerprint density at radius 1 is 1.12 bits per heavy atom. The molecular weight excluding hydrogens is 302 g/mol. The summed E-state index contributed by atoms with van der Waals surface area (Å²) in [5.74, 6) is 0. The lowest BCUT2D eigenvalue weighted by Crippen LogP contribution is -2.52. The number of carbonyl (C=O) groups is 1. The van der Waals surface area contributed by atoms with Crippen molar-refractivity contribution in [2.75, 3.05) is 31.8 Å². The molecule has 1 saturated heterocycles. The van der Waals surface area contributed by atoms with Crippen LogP contribution in [0.2, 0.25) is 0 Å². The van der Waals surface area contributed by atoms with Crippen LogP contribution in [0.1, 0.15) is 18.4 Å². The molecule has 0 spiro atoms. The number of rotatable bonds is 5. The van der Waals surface area contributed by atoms with E-state index in [0.717, 1.165) is 38.9 Å². The number of likely N-dealkylation sites (tertiary alicyclic amines) is 1. The van der Waals surface area contributed by atoms with Gasteiger partial charge in [0.2, 0.25) is 0 Å². The third-order valence-corrected chi connectivity index (χ3v) is 4.66. The topological polar surface area (TPSA) is 37.7 Å². The molecule has 128 valence electrons. The molecule has 0 radical (unpaired) electrons. The van der Waals surface area contributed by atoms with E-state index < -0.39 is 0 Å². The molecule has 3 rings (SSSR count). The first-order chi connectivity index (χ1) is 11.8. The standard InChI is InChI=1S/C19H25N3O2/c1-24-19(23)22(21-12-5-6-13-21)18-10-15-20(16-11-18)14-9-17-7-3-2-4-8-17/h2-8,12-13,18H,9-11,14-16H2,1H3. The average molecular weight is 327 g/mol. The monoisotopic (exact) mass is 327 g/mol. The lowest BCUT2D eigenvalue weighted by atomic mass is 10.0. The number of piperidine rings is 1. The Hall–Kier alpha value is -2.27. The minimum absolute atomic E-state index is 0.179. The van der Waals surface area contributed by atoms with Crippen LogP contribution in [0.4, 0.5) is 4.79 Å². The number of benzene rings is 1. The number of nitrogens with zero attached hydrogens (tertiary/aromatic N) is 3. The number of amides is 1. The largest absolute Gasteiger partial charge is 0.452 e. The SMILES string of the molecule is COC(=O)N(C1CCN(CCc2ccccc2)CC1)n1cccc1. The lowest BCUT2D eigenvalue weighted by Gasteiger charge is -2.37. The van der Waals surface area contributed by atoms with E-state index in [0.29, 0.717) is 0 Å². The summed E-state index contributed by atoms with van der Waals surface area (Å²) in [5.41, 5.74) is 1.38. The Morgan fingerprint density at radius 2 is 1.79 bits per heavy atom. The second-order valence-corrected chi connectivity index (χ2v) is 6.19. The maximum Gasteiger partial charge on any atom is 0.429 e. The first kappa shape index (κ1) is 16.6. The predicted octanol–water partition coefficient (Wildman–Crippen LogP) is 2.90. The van der Waals surface area contributed by atoms with E-state index in [4.69, 9.17) is 4.74 Å². The maximum atomic E-state index is 12.2. The van der Waals surface area contributed by atoms with Crippen molar-refractivity contribution in [3.63, 3.8) is 0 Å². The Kier molecular flexibility index (Phi) is 5.54. The third kappa shape index (κ3) is 3.97. The Bertz CT molecular complexity index is 619. The van der Waals surface area contributed by atoms with Gasteiger partial charge in [0, 0.05) is 32.0 Å². The number of hydrogen-bond donors (Lipinski definition) is 0. The molecular formula is C19H25N3O2. The van der Waals surface area contributed by atoms with Crippen LogP contribution in [0.25, 0.3) is 0 Å². The fourth-order valence-corrected chi connectivity index (χ4v) is 3.31. The molecule has 0 bridgehead atoms. The second kappa shape index (κ2) is 8.02. The smallest absolute Gasteiger partial charge is 0.429 e. The zero-order valence-electron chi connectivity index (χ0n) is 14.2. The van der Waals surface area contributed by atoms with E-state index in [2.05, 4.69) is 35.2 Å². The zero-order chi connectivity index (χ0) is 16.8. The van der Waals surface area contributed by atoms with Gasteiger partial charge in [0.05, 0.1) is 13.2 Å². The Balaban J connectivity index is 1.54. The lowest BCUT2D eigenvalue weighted by molar-refractivity contribution is 0.153. The molecule has 2 heterocycles. The molecule has 1 aliphatic rings. The van der Waals surface area contributed by atoms with Gasteiger partial charge in [-0.25, -0.2) is 9.80 Å². The van der Waals surface area contributed by atoms with Crippen LogP contribution < -0.4 is 5.01 Å². The number of carbonyl (C=O) groups excluding carboxylic acids is 1. The van der Waals surface area contributed by atoms with Gasteiger partial charge in [0.1, 0.15) is 0 Å². The molecule has 0 unspecified atom stereocenters. The van der Waals surface area contributed by atoms with Crippen LogP contribution in [-0.4, -0.2) is 48.5 Å². The van der Waals surface area contributed by atoms with Gasteiger partial charge in [-0.3, -0.25) is 4.68 Å². The molecule has 0 saturated carbocycles. The molecule has 1 fully saturated rings. The fourth-order valence-electron chi connectivity index (χ4n) is 3.31. The second-order valence-electron chi connectivity index (χ2n) is 6.19. The first-order valence-corrected chi connectivity index (χ1v) is 8.54. The van der Waals surface area contributed by atoms with Gasteiger partial charge in [-0.15, -0.1) is 0 Å². The summed E-state index contributed by atoms with van der Waals surface area (Å²) < 4.78 is 6.80. The van der Waals surface area contributed by atoms with Gasteiger partial charge >= 0.3 is 6.09 Å². The predicted molar refractivity (Wildman–Crippen MR) is 94.7 cm³/mol. The highest BCUT2D eigenvalue weighted by Crippen LogP contribution is 2.17. The van der Waals surface area contributed by atoms with Crippen LogP contribution in [0, 0.1) is 0 Å². The van der Waals surface area contributed by atoms with Gasteiger partial charge in [-0.1, -0.05) is 30.3 Å². The van der Waals surface area contributed by atoms with Gasteiger partial charge in [0.25, 0.3) is 0 Å². The number of hydrogen-bond acceptors (Lipinski definition) is 3. The van der Waals surface area contributed by atoms with Crippen LogP contribution in [0.3, 0.4) is 0 Å². The summed E-state index contributed by atoms with van der Waals surface area (Å²) in [4.78, 5) is 14.7. The molecule has 24 heavy (non-hydrogen) atoms. The van der Waals surface area contributed by atoms with Gasteiger partial charge < -0.3 is 9.64 Å². The Labute approximate surface area is 143 Å². The van der Waals surface area contributed by atoms with Crippen molar-refractivity contribution < 1.29 is 9.53 Å². The number of aromatic nitrogens is 1. The summed E-state index contributed by atoms with van der Waals surface area (Å²) in [6.07, 6.45) is 6.47. The molecule has 1 amide bonds. The van der Waals surface area contributed by atoms with Crippen molar-refractivity contribution in [2.45, 2.75) is 25.3 Å². The van der Waals surface area contributed by atoms with E-state index in [9.17, 15) is 4.79 Å². The molecule has 0 aliphatic carbocycles. The molecule has 1 aliphatic heterocycles. The summed E-state index contributed by atoms with van der Waals surface area (Å²) >= 11 is 0. The summed E-state index contributed by atoms with van der Waals surface area (Å²) in [6, 6.07) is 14.6. The maximum absolute atomic E-state index is 12.2. The summed E-state index contributed by atoms with van der Waals surface area (Å²) in [5, 5.41) is 1.73. The molecule has 1 aromatic heterocycles. The average Bonchev–Trinajstić information content (AvgIpc) is 3.16. The minimum atomic E-state index is -0.297. The van der Waals surface area contributed by atoms with Crippen molar-refractivity contribution in [1.29, 1.82) is 0 Å². The highest BCUT2D eigenvalue weighted by Gasteiger charge is 2.29. The van der Waals surface area contributed by atoms with Crippen LogP contribution in [0.15, 0.2) is 54.9 Å². The van der Waals surface area contributed by atoms with Crippen LogP contribution >= 0.6 is 0 Å². The molecule has 0 N–H and O–H groups in total. The quantitative estimate of drug-likeness (QED) is 0.847. The van der Waals surface area contributed by atoms with E-state index in [1.165, 1.54) is 12.7 Å². The van der Waals surface area contributed by atoms with Crippen molar-refractivity contribution >= 4 is 6.09 Å². The minimum Gasteiger partial charge on any atom is -0.452 e. The van der Waals surface area contributed by atoms with E-state index in [-0.39, 0.29) is 12.1 Å². The molecule has 1 aromatic carbocycles. The first-order valence-electron chi connectivity index (χ1n) is 8.54. The third-order valence-electron chi connectivity index (χ3n) is 4.66. The van der Waals surface area contributed by atoms with Crippen molar-refractivity contribution in [3.8, 4) is 0 Å². The van der Waals surface area contributed by atoms with Gasteiger partial charge in [-0.05, 0) is 37.0 Å². The Morgan fingerprint density at radius 3 is 2.42 bits per heavy atom. The fraction of sp³-hybridized carbons (Fsp3) is 0.421. The molecule has 0 atom stereocenters. The normalized spacial score (nSPS) is 16.0. The molecule has 2 aromatic rings. The van der Waals surface area contributed by atoms with Crippen molar-refractivity contribution in [1.82, 2.24) is 9.58 Å². The van der Waals surface area contributed by atoms with E-state index in [1.54, 1.807) is 5.01 Å². The molecule has 5 nitrogen and oxygen atoms in total. The van der Waals surface area contributed by atoms with Gasteiger partial charge in [0.15, 0.2) is 0 Å². The highest BCUT2D eigenvalue weighted by atomic mass is 16.5. The van der Waals surface area contributed by atoms with Crippen LogP contribution in [0.5, 0.6) is 0 Å². The number of ether oxygens (including phenoxy) is 1. The zero-order valence-corrected chi connectivity index (χ0v) is 14.2. The highest BCUT2D eigenvalue weighted by molar-refractivity contribution is 5.79. The van der Waals surface area contributed by atoms with Crippen molar-refractivity contribution in [3.05, 3.63) is 60.4 Å². The number of methoxy groups -OCH3 is 1. The summed E-state index contributed by atoms with van der Waals surface area (Å²) in [6.45, 7) is 3.08. The summed E-state index contributed by atoms with van der Waals surface area (Å²) in [7, 11) is 1.44. The van der Waals surface area contributed by atoms with Gasteiger partial charge in [-0.2, -0.15) is 0 Å². The van der Waals surface area contributed by atoms with Crippen molar-refractivity contribution in [2.24, 2.45) is 0 Å². The van der Waals surface area contributed by atoms with E-state index in [1.807, 2.05) is 29.2 Å². The van der Waals surface area contributed by atoms with Crippen LogP contribution in [-0.2, 0) is 11.2 Å². The van der Waals surface area contributed by atoms with E-state index >= 15 is 0 Å².